The highest BCUT2D eigenvalue weighted by Gasteiger charge is 2.28. The summed E-state index contributed by atoms with van der Waals surface area (Å²) in [6.07, 6.45) is 4.11. The number of amides is 2. The van der Waals surface area contributed by atoms with Crippen molar-refractivity contribution in [3.63, 3.8) is 0 Å². The van der Waals surface area contributed by atoms with E-state index in [0.29, 0.717) is 12.0 Å². The van der Waals surface area contributed by atoms with Crippen LogP contribution in [0.5, 0.6) is 0 Å². The number of thioether (sulfide) groups is 1. The summed E-state index contributed by atoms with van der Waals surface area (Å²) in [4.78, 5) is 26.2. The summed E-state index contributed by atoms with van der Waals surface area (Å²) < 4.78 is 0. The lowest BCUT2D eigenvalue weighted by molar-refractivity contribution is -0.117. The summed E-state index contributed by atoms with van der Waals surface area (Å²) >= 11 is 1.62. The van der Waals surface area contributed by atoms with Crippen LogP contribution in [0.3, 0.4) is 0 Å². The molecule has 0 fully saturated rings. The van der Waals surface area contributed by atoms with E-state index >= 15 is 0 Å². The number of hydrogen-bond acceptors (Lipinski definition) is 5. The summed E-state index contributed by atoms with van der Waals surface area (Å²) in [5, 5.41) is 10.5. The number of anilines is 2. The van der Waals surface area contributed by atoms with E-state index in [-0.39, 0.29) is 11.8 Å². The minimum Gasteiger partial charge on any atom is -0.354 e. The first-order valence-corrected chi connectivity index (χ1v) is 11.2. The third kappa shape index (κ3) is 4.56. The maximum Gasteiger partial charge on any atom is 0.275 e. The molecule has 7 heteroatoms. The molecule has 158 valence electrons. The van der Waals surface area contributed by atoms with Crippen LogP contribution in [-0.4, -0.2) is 17.5 Å². The Kier molecular flexibility index (Phi) is 6.23. The molecule has 0 saturated carbocycles. The Morgan fingerprint density at radius 1 is 1.10 bits per heavy atom. The second-order valence-corrected chi connectivity index (χ2v) is 8.36. The Labute approximate surface area is 185 Å². The Morgan fingerprint density at radius 3 is 2.61 bits per heavy atom. The van der Waals surface area contributed by atoms with Crippen LogP contribution in [0.1, 0.15) is 38.7 Å². The van der Waals surface area contributed by atoms with Crippen molar-refractivity contribution >= 4 is 45.6 Å². The van der Waals surface area contributed by atoms with E-state index in [0.717, 1.165) is 51.0 Å². The van der Waals surface area contributed by atoms with Crippen molar-refractivity contribution in [2.24, 2.45) is 5.10 Å². The van der Waals surface area contributed by atoms with Gasteiger partial charge in [-0.15, -0.1) is 0 Å². The molecule has 2 aliphatic rings. The van der Waals surface area contributed by atoms with E-state index in [4.69, 9.17) is 0 Å². The van der Waals surface area contributed by atoms with E-state index in [2.05, 4.69) is 34.2 Å². The van der Waals surface area contributed by atoms with Crippen LogP contribution in [0.25, 0.3) is 4.91 Å². The average molecular weight is 433 g/mol. The maximum absolute atomic E-state index is 12.5. The van der Waals surface area contributed by atoms with Crippen molar-refractivity contribution in [2.45, 2.75) is 38.0 Å². The van der Waals surface area contributed by atoms with Crippen molar-refractivity contribution in [3.05, 3.63) is 71.4 Å². The van der Waals surface area contributed by atoms with Gasteiger partial charge in [0.1, 0.15) is 0 Å². The molecule has 0 bridgehead atoms. The number of para-hydroxylation sites is 1. The first-order valence-electron chi connectivity index (χ1n) is 10.4. The van der Waals surface area contributed by atoms with Crippen molar-refractivity contribution in [1.82, 2.24) is 5.43 Å². The number of fused-ring (bicyclic) bond motifs is 1. The number of rotatable bonds is 6. The van der Waals surface area contributed by atoms with Gasteiger partial charge in [0.25, 0.3) is 5.91 Å². The third-order valence-electron chi connectivity index (χ3n) is 4.99. The first kappa shape index (κ1) is 20.9. The van der Waals surface area contributed by atoms with Crippen molar-refractivity contribution in [2.75, 3.05) is 10.6 Å². The molecule has 2 aromatic carbocycles. The summed E-state index contributed by atoms with van der Waals surface area (Å²) in [5.41, 5.74) is 7.56. The summed E-state index contributed by atoms with van der Waals surface area (Å²) in [6.45, 7) is 3.90. The lowest BCUT2D eigenvalue weighted by atomic mass is 10.0. The Bertz CT molecular complexity index is 1120. The third-order valence-corrected chi connectivity index (χ3v) is 6.05. The van der Waals surface area contributed by atoms with Gasteiger partial charge in [-0.2, -0.15) is 5.10 Å². The van der Waals surface area contributed by atoms with Crippen LogP contribution < -0.4 is 16.1 Å². The molecule has 0 atom stereocenters. The molecule has 0 saturated heterocycles. The van der Waals surface area contributed by atoms with Gasteiger partial charge in [0.15, 0.2) is 0 Å². The number of benzene rings is 2. The fraction of sp³-hybridized carbons (Fsp3) is 0.208. The zero-order valence-electron chi connectivity index (χ0n) is 17.5. The van der Waals surface area contributed by atoms with Gasteiger partial charge in [-0.05, 0) is 42.8 Å². The van der Waals surface area contributed by atoms with Crippen LogP contribution >= 0.6 is 11.8 Å². The maximum atomic E-state index is 12.5. The number of nitrogens with one attached hydrogen (secondary N) is 3. The fourth-order valence-electron chi connectivity index (χ4n) is 3.46. The van der Waals surface area contributed by atoms with Crippen LogP contribution in [0, 0.1) is 0 Å². The fourth-order valence-corrected chi connectivity index (χ4v) is 4.45. The predicted octanol–water partition coefficient (Wildman–Crippen LogP) is 5.13. The van der Waals surface area contributed by atoms with Crippen LogP contribution in [0.15, 0.2) is 75.9 Å². The molecule has 0 spiro atoms. The summed E-state index contributed by atoms with van der Waals surface area (Å²) in [6, 6.07) is 15.8. The Hall–Kier alpha value is -3.32. The SMILES string of the molecule is CCCC1=NNC(=O)C1=C1C=C(Sc2ccc(NC(=O)CC)cc2)c2ccccc2N1. The van der Waals surface area contributed by atoms with Gasteiger partial charge in [0.05, 0.1) is 17.0 Å². The normalized spacial score (nSPS) is 17.3. The average Bonchev–Trinajstić information content (AvgIpc) is 3.15. The van der Waals surface area contributed by atoms with Gasteiger partial charge < -0.3 is 10.6 Å². The first-order chi connectivity index (χ1) is 15.1. The number of hydrogen-bond donors (Lipinski definition) is 3. The van der Waals surface area contributed by atoms with E-state index in [1.165, 1.54) is 0 Å². The van der Waals surface area contributed by atoms with Crippen molar-refractivity contribution in [3.8, 4) is 0 Å². The smallest absolute Gasteiger partial charge is 0.275 e. The van der Waals surface area contributed by atoms with Crippen molar-refractivity contribution in [1.29, 1.82) is 0 Å². The molecule has 2 heterocycles. The quantitative estimate of drug-likeness (QED) is 0.553. The highest BCUT2D eigenvalue weighted by Crippen LogP contribution is 2.42. The second kappa shape index (κ2) is 9.22. The predicted molar refractivity (Wildman–Crippen MR) is 127 cm³/mol. The Balaban J connectivity index is 1.68. The molecule has 0 aromatic heterocycles. The highest BCUT2D eigenvalue weighted by atomic mass is 32.2. The zero-order chi connectivity index (χ0) is 21.8. The van der Waals surface area contributed by atoms with Gasteiger partial charge in [-0.25, -0.2) is 5.43 Å². The number of carbonyl (C=O) groups excluding carboxylic acids is 2. The van der Waals surface area contributed by atoms with Crippen LogP contribution in [0.4, 0.5) is 11.4 Å². The lowest BCUT2D eigenvalue weighted by Crippen LogP contribution is -2.19. The van der Waals surface area contributed by atoms with Crippen molar-refractivity contribution < 1.29 is 9.59 Å². The minimum absolute atomic E-state index is 0.00829. The standard InChI is InChI=1S/C24H24N4O2S/c1-3-7-19-23(24(30)28-27-19)20-14-21(17-8-5-6-9-18(17)26-20)31-16-12-10-15(11-13-16)25-22(29)4-2/h5-6,8-14,26H,3-4,7H2,1-2H3,(H,25,29)(H,28,30). The molecule has 3 N–H and O–H groups in total. The monoisotopic (exact) mass is 432 g/mol. The number of nitrogens with zero attached hydrogens (tertiary/aromatic N) is 1. The number of carbonyl (C=O) groups is 2. The van der Waals surface area contributed by atoms with E-state index in [9.17, 15) is 9.59 Å². The van der Waals surface area contributed by atoms with Gasteiger partial charge in [0.2, 0.25) is 5.91 Å². The lowest BCUT2D eigenvalue weighted by Gasteiger charge is -2.22. The zero-order valence-corrected chi connectivity index (χ0v) is 18.3. The molecule has 2 aromatic rings. The Morgan fingerprint density at radius 2 is 1.87 bits per heavy atom. The molecule has 31 heavy (non-hydrogen) atoms. The molecular weight excluding hydrogens is 408 g/mol. The largest absolute Gasteiger partial charge is 0.354 e. The molecule has 0 unspecified atom stereocenters. The second-order valence-electron chi connectivity index (χ2n) is 7.25. The molecule has 0 aliphatic carbocycles. The highest BCUT2D eigenvalue weighted by molar-refractivity contribution is 8.08. The number of allylic oxidation sites excluding steroid dienone is 1. The molecule has 2 amide bonds. The summed E-state index contributed by atoms with van der Waals surface area (Å²) in [7, 11) is 0. The molecule has 6 nitrogen and oxygen atoms in total. The molecule has 0 radical (unpaired) electrons. The van der Waals surface area contributed by atoms with Gasteiger partial charge >= 0.3 is 0 Å². The van der Waals surface area contributed by atoms with E-state index < -0.39 is 0 Å². The van der Waals surface area contributed by atoms with Crippen LogP contribution in [0.2, 0.25) is 0 Å². The molecule has 4 rings (SSSR count). The van der Waals surface area contributed by atoms with Gasteiger partial charge in [0, 0.05) is 33.2 Å². The van der Waals surface area contributed by atoms with Crippen LogP contribution in [-0.2, 0) is 9.59 Å². The van der Waals surface area contributed by atoms with Gasteiger partial charge in [-0.3, -0.25) is 9.59 Å². The number of hydrazone groups is 1. The van der Waals surface area contributed by atoms with E-state index in [1.807, 2.05) is 55.5 Å². The van der Waals surface area contributed by atoms with E-state index in [1.54, 1.807) is 11.8 Å². The van der Waals surface area contributed by atoms with Gasteiger partial charge in [-0.1, -0.05) is 50.2 Å². The summed E-state index contributed by atoms with van der Waals surface area (Å²) in [5.74, 6) is -0.187. The minimum atomic E-state index is -0.179. The topological polar surface area (TPSA) is 82.6 Å². The molecular formula is C24H24N4O2S. The molecule has 2 aliphatic heterocycles.